The zero-order valence-electron chi connectivity index (χ0n) is 19.0. The molecule has 0 spiro atoms. The minimum absolute atomic E-state index is 0.105. The number of aromatic nitrogens is 3. The van der Waals surface area contributed by atoms with Gasteiger partial charge in [0, 0.05) is 11.8 Å². The predicted molar refractivity (Wildman–Crippen MR) is 127 cm³/mol. The van der Waals surface area contributed by atoms with E-state index in [1.54, 1.807) is 24.6 Å². The lowest BCUT2D eigenvalue weighted by atomic mass is 10.1. The molecule has 0 unspecified atom stereocenters. The van der Waals surface area contributed by atoms with E-state index in [4.69, 9.17) is 9.47 Å². The molecule has 9 nitrogen and oxygen atoms in total. The van der Waals surface area contributed by atoms with E-state index >= 15 is 0 Å². The van der Waals surface area contributed by atoms with Crippen LogP contribution in [-0.2, 0) is 9.47 Å². The van der Waals surface area contributed by atoms with Crippen LogP contribution in [0.25, 0.3) is 16.9 Å². The largest absolute Gasteiger partial charge is 0.465 e. The van der Waals surface area contributed by atoms with E-state index in [1.807, 2.05) is 37.3 Å². The van der Waals surface area contributed by atoms with Crippen LogP contribution in [0.5, 0.6) is 0 Å². The van der Waals surface area contributed by atoms with E-state index in [9.17, 15) is 14.4 Å². The summed E-state index contributed by atoms with van der Waals surface area (Å²) in [5.41, 5.74) is 3.89. The average molecular weight is 479 g/mol. The molecule has 0 aliphatic rings. The topological polar surface area (TPSA) is 112 Å². The molecule has 0 saturated heterocycles. The van der Waals surface area contributed by atoms with Crippen LogP contribution in [0.1, 0.15) is 48.4 Å². The summed E-state index contributed by atoms with van der Waals surface area (Å²) < 4.78 is 11.5. The number of rotatable bonds is 6. The summed E-state index contributed by atoms with van der Waals surface area (Å²) in [5, 5.41) is 7.27. The minimum atomic E-state index is -0.667. The zero-order chi connectivity index (χ0) is 24.4. The molecule has 174 valence electrons. The number of aryl methyl sites for hydroxylation is 1. The van der Waals surface area contributed by atoms with Crippen molar-refractivity contribution in [3.8, 4) is 11.3 Å². The Morgan fingerprint density at radius 3 is 2.50 bits per heavy atom. The van der Waals surface area contributed by atoms with Crippen LogP contribution in [0.3, 0.4) is 0 Å². The van der Waals surface area contributed by atoms with Crippen LogP contribution < -0.4 is 5.32 Å². The molecule has 10 heteroatoms. The van der Waals surface area contributed by atoms with Crippen molar-refractivity contribution in [3.63, 3.8) is 0 Å². The van der Waals surface area contributed by atoms with E-state index < -0.39 is 17.8 Å². The molecule has 0 atom stereocenters. The summed E-state index contributed by atoms with van der Waals surface area (Å²) in [6, 6.07) is 9.75. The van der Waals surface area contributed by atoms with E-state index in [-0.39, 0.29) is 27.6 Å². The zero-order valence-corrected chi connectivity index (χ0v) is 19.9. The number of carbonyl (C=O) groups is 3. The number of hydrogen-bond acceptors (Lipinski definition) is 8. The first-order valence-corrected chi connectivity index (χ1v) is 11.3. The van der Waals surface area contributed by atoms with Crippen molar-refractivity contribution in [2.75, 3.05) is 19.0 Å². The maximum absolute atomic E-state index is 13.2. The Morgan fingerprint density at radius 1 is 1.09 bits per heavy atom. The summed E-state index contributed by atoms with van der Waals surface area (Å²) >= 11 is 0.955. The van der Waals surface area contributed by atoms with Gasteiger partial charge in [-0.1, -0.05) is 29.8 Å². The number of hydrogen-bond donors (Lipinski definition) is 1. The fourth-order valence-electron chi connectivity index (χ4n) is 3.51. The number of methoxy groups -OCH3 is 1. The highest BCUT2D eigenvalue weighted by atomic mass is 32.1. The van der Waals surface area contributed by atoms with Crippen molar-refractivity contribution in [1.82, 2.24) is 14.6 Å². The van der Waals surface area contributed by atoms with Crippen molar-refractivity contribution in [2.24, 2.45) is 0 Å². The average Bonchev–Trinajstić information content (AvgIpc) is 3.40. The number of nitrogens with one attached hydrogen (secondary N) is 1. The molecular formula is C24H22N4O5S. The molecule has 0 saturated carbocycles. The van der Waals surface area contributed by atoms with Crippen molar-refractivity contribution in [3.05, 3.63) is 69.9 Å². The molecule has 0 radical (unpaired) electrons. The molecule has 0 aliphatic carbocycles. The van der Waals surface area contributed by atoms with Crippen LogP contribution in [0.2, 0.25) is 0 Å². The van der Waals surface area contributed by atoms with Crippen LogP contribution >= 0.6 is 11.3 Å². The van der Waals surface area contributed by atoms with Crippen molar-refractivity contribution in [2.45, 2.75) is 20.8 Å². The van der Waals surface area contributed by atoms with E-state index in [0.717, 1.165) is 28.2 Å². The lowest BCUT2D eigenvalue weighted by molar-refractivity contribution is 0.0531. The third kappa shape index (κ3) is 4.15. The number of fused-ring (bicyclic) bond motifs is 1. The minimum Gasteiger partial charge on any atom is -0.465 e. The first-order chi connectivity index (χ1) is 16.3. The number of carbonyl (C=O) groups excluding carboxylic acids is 3. The number of nitrogens with zero attached hydrogens (tertiary/aromatic N) is 3. The molecule has 34 heavy (non-hydrogen) atoms. The van der Waals surface area contributed by atoms with Gasteiger partial charge in [-0.3, -0.25) is 4.79 Å². The maximum atomic E-state index is 13.2. The van der Waals surface area contributed by atoms with Gasteiger partial charge in [-0.25, -0.2) is 19.1 Å². The van der Waals surface area contributed by atoms with Crippen LogP contribution in [0.4, 0.5) is 5.00 Å². The second-order valence-corrected chi connectivity index (χ2v) is 8.44. The molecular weight excluding hydrogens is 456 g/mol. The number of ether oxygens (including phenoxy) is 2. The van der Waals surface area contributed by atoms with Gasteiger partial charge in [0.2, 0.25) is 0 Å². The van der Waals surface area contributed by atoms with Crippen LogP contribution in [-0.4, -0.2) is 46.2 Å². The van der Waals surface area contributed by atoms with Crippen molar-refractivity contribution in [1.29, 1.82) is 0 Å². The summed E-state index contributed by atoms with van der Waals surface area (Å²) in [4.78, 5) is 42.5. The van der Waals surface area contributed by atoms with Gasteiger partial charge < -0.3 is 14.8 Å². The molecule has 3 aromatic heterocycles. The van der Waals surface area contributed by atoms with E-state index in [2.05, 4.69) is 15.4 Å². The van der Waals surface area contributed by atoms with Gasteiger partial charge in [-0.2, -0.15) is 5.10 Å². The molecule has 0 bridgehead atoms. The Kier molecular flexibility index (Phi) is 6.42. The monoisotopic (exact) mass is 478 g/mol. The summed E-state index contributed by atoms with van der Waals surface area (Å²) in [5.74, 6) is -1.76. The van der Waals surface area contributed by atoms with Crippen LogP contribution in [0.15, 0.2) is 42.7 Å². The fraction of sp³-hybridized carbons (Fsp3) is 0.208. The molecule has 1 amide bonds. The Labute approximate surface area is 199 Å². The second kappa shape index (κ2) is 9.44. The summed E-state index contributed by atoms with van der Waals surface area (Å²) in [7, 11) is 1.23. The van der Waals surface area contributed by atoms with Crippen molar-refractivity contribution >= 4 is 39.8 Å². The second-order valence-electron chi connectivity index (χ2n) is 7.42. The van der Waals surface area contributed by atoms with Gasteiger partial charge in [0.25, 0.3) is 5.91 Å². The number of thiophene rings is 1. The SMILES string of the molecule is CCOC(=O)c1sc(NC(=O)c2cnn3c(-c4ccc(C)cc4)ccnc23)c(C(=O)OC)c1C. The lowest BCUT2D eigenvalue weighted by Crippen LogP contribution is -2.14. The van der Waals surface area contributed by atoms with Crippen molar-refractivity contribution < 1.29 is 23.9 Å². The normalized spacial score (nSPS) is 10.8. The Hall–Kier alpha value is -4.05. The molecule has 4 aromatic rings. The predicted octanol–water partition coefficient (Wildman–Crippen LogP) is 4.29. The van der Waals surface area contributed by atoms with E-state index in [0.29, 0.717) is 11.2 Å². The Balaban J connectivity index is 1.72. The molecule has 4 rings (SSSR count). The third-order valence-corrected chi connectivity index (χ3v) is 6.40. The molecule has 0 aliphatic heterocycles. The van der Waals surface area contributed by atoms with Crippen LogP contribution in [0, 0.1) is 13.8 Å². The number of amides is 1. The Morgan fingerprint density at radius 2 is 1.82 bits per heavy atom. The smallest absolute Gasteiger partial charge is 0.348 e. The first-order valence-electron chi connectivity index (χ1n) is 10.5. The van der Waals surface area contributed by atoms with Gasteiger partial charge in [0.15, 0.2) is 5.65 Å². The number of anilines is 1. The molecule has 1 aromatic carbocycles. The highest BCUT2D eigenvalue weighted by Gasteiger charge is 2.28. The highest BCUT2D eigenvalue weighted by molar-refractivity contribution is 7.18. The molecule has 0 fully saturated rings. The van der Waals surface area contributed by atoms with E-state index in [1.165, 1.54) is 13.3 Å². The first kappa shape index (κ1) is 23.1. The summed E-state index contributed by atoms with van der Waals surface area (Å²) in [6.07, 6.45) is 3.02. The number of esters is 2. The Bertz CT molecular complexity index is 1410. The van der Waals surface area contributed by atoms with Gasteiger partial charge in [0.05, 0.1) is 31.2 Å². The van der Waals surface area contributed by atoms with Gasteiger partial charge >= 0.3 is 11.9 Å². The molecule has 1 N–H and O–H groups in total. The fourth-order valence-corrected chi connectivity index (χ4v) is 4.59. The van der Waals surface area contributed by atoms with Gasteiger partial charge in [-0.05, 0) is 32.4 Å². The number of benzene rings is 1. The standard InChI is InChI=1S/C24H22N4O5S/c1-5-33-24(31)19-14(3)18(23(30)32-4)22(34-19)27-21(29)16-12-26-28-17(10-11-25-20(16)28)15-8-6-13(2)7-9-15/h6-12H,5H2,1-4H3,(H,27,29). The highest BCUT2D eigenvalue weighted by Crippen LogP contribution is 2.35. The van der Waals surface area contributed by atoms with Gasteiger partial charge in [-0.15, -0.1) is 11.3 Å². The maximum Gasteiger partial charge on any atom is 0.348 e. The van der Waals surface area contributed by atoms with Gasteiger partial charge in [0.1, 0.15) is 15.4 Å². The third-order valence-electron chi connectivity index (χ3n) is 5.22. The summed E-state index contributed by atoms with van der Waals surface area (Å²) in [6.45, 7) is 5.48. The quantitative estimate of drug-likeness (QED) is 0.412. The molecule has 3 heterocycles. The lowest BCUT2D eigenvalue weighted by Gasteiger charge is -2.07.